The molecule has 1 aliphatic rings. The first-order chi connectivity index (χ1) is 11.1. The lowest BCUT2D eigenvalue weighted by Gasteiger charge is -2.32. The first kappa shape index (κ1) is 18.9. The van der Waals surface area contributed by atoms with E-state index in [-0.39, 0.29) is 10.8 Å². The molecule has 1 aromatic heterocycles. The van der Waals surface area contributed by atoms with Crippen molar-refractivity contribution >= 4 is 30.8 Å². The number of hydrogen-bond donors (Lipinski definition) is 2. The van der Waals surface area contributed by atoms with Gasteiger partial charge in [-0.15, -0.1) is 0 Å². The maximum absolute atomic E-state index is 11.4. The van der Waals surface area contributed by atoms with E-state index in [0.29, 0.717) is 12.1 Å². The lowest BCUT2D eigenvalue weighted by atomic mass is 9.77. The van der Waals surface area contributed by atoms with Gasteiger partial charge in [0.25, 0.3) is 0 Å². The average Bonchev–Trinajstić information content (AvgIpc) is 2.68. The minimum Gasteiger partial charge on any atom is -0.476 e. The molecule has 1 aromatic rings. The van der Waals surface area contributed by atoms with E-state index in [4.69, 9.17) is 20.9 Å². The molecule has 0 aliphatic carbocycles. The van der Waals surface area contributed by atoms with Crippen LogP contribution < -0.4 is 5.32 Å². The van der Waals surface area contributed by atoms with Crippen molar-refractivity contribution in [2.45, 2.75) is 38.9 Å². The Morgan fingerprint density at radius 3 is 2.42 bits per heavy atom. The van der Waals surface area contributed by atoms with Gasteiger partial charge >= 0.3 is 13.1 Å². The van der Waals surface area contributed by atoms with Crippen LogP contribution in [-0.2, 0) is 9.31 Å². The summed E-state index contributed by atoms with van der Waals surface area (Å²) in [6.07, 6.45) is 1.73. The van der Waals surface area contributed by atoms with E-state index in [1.54, 1.807) is 25.3 Å². The maximum atomic E-state index is 11.4. The molecule has 2 rings (SSSR count). The number of carboxylic acids is 1. The maximum Gasteiger partial charge on any atom is 0.491 e. The molecule has 1 fully saturated rings. The van der Waals surface area contributed by atoms with Crippen molar-refractivity contribution in [2.75, 3.05) is 13.6 Å². The van der Waals surface area contributed by atoms with Crippen LogP contribution in [-0.4, -0.2) is 48.0 Å². The number of likely N-dealkylation sites (N-methyl/N-ethyl adjacent to an activating group) is 1. The molecule has 0 bridgehead atoms. The number of carboxylic acid groups (broad SMARTS) is 1. The van der Waals surface area contributed by atoms with Crippen molar-refractivity contribution in [3.63, 3.8) is 0 Å². The largest absolute Gasteiger partial charge is 0.491 e. The van der Waals surface area contributed by atoms with Gasteiger partial charge in [-0.3, -0.25) is 0 Å². The van der Waals surface area contributed by atoms with Gasteiger partial charge in [0.05, 0.1) is 11.2 Å². The second kappa shape index (κ2) is 6.84. The summed E-state index contributed by atoms with van der Waals surface area (Å²) in [7, 11) is 1.23. The number of halogens is 1. The standard InChI is InChI=1S/C16H22BClN2O4/c1-15(2)16(3,4)24-17(23-15)11(9-19-5)8-10-6-7-12(18)20-13(10)14(21)22/h6-8,19H,9H2,1-5H3,(H,21,22). The van der Waals surface area contributed by atoms with Crippen LogP contribution in [0.5, 0.6) is 0 Å². The Labute approximate surface area is 147 Å². The monoisotopic (exact) mass is 352 g/mol. The minimum atomic E-state index is -1.14. The van der Waals surface area contributed by atoms with E-state index in [2.05, 4.69) is 10.3 Å². The van der Waals surface area contributed by atoms with Gasteiger partial charge in [-0.05, 0) is 52.3 Å². The predicted molar refractivity (Wildman–Crippen MR) is 94.2 cm³/mol. The Morgan fingerprint density at radius 2 is 1.92 bits per heavy atom. The van der Waals surface area contributed by atoms with Crippen LogP contribution in [0, 0.1) is 0 Å². The molecule has 0 saturated carbocycles. The van der Waals surface area contributed by atoms with Crippen molar-refractivity contribution in [1.29, 1.82) is 0 Å². The Balaban J connectivity index is 2.42. The van der Waals surface area contributed by atoms with E-state index in [1.165, 1.54) is 0 Å². The van der Waals surface area contributed by atoms with Crippen LogP contribution in [0.25, 0.3) is 6.08 Å². The topological polar surface area (TPSA) is 80.7 Å². The number of carbonyl (C=O) groups is 1. The first-order valence-electron chi connectivity index (χ1n) is 7.68. The zero-order valence-electron chi connectivity index (χ0n) is 14.5. The molecule has 2 N–H and O–H groups in total. The van der Waals surface area contributed by atoms with Crippen LogP contribution in [0.2, 0.25) is 5.15 Å². The molecule has 0 radical (unpaired) electrons. The van der Waals surface area contributed by atoms with Gasteiger partial charge in [0.1, 0.15) is 5.15 Å². The van der Waals surface area contributed by atoms with E-state index >= 15 is 0 Å². The van der Waals surface area contributed by atoms with Gasteiger partial charge in [0.2, 0.25) is 0 Å². The Morgan fingerprint density at radius 1 is 1.33 bits per heavy atom. The lowest BCUT2D eigenvalue weighted by molar-refractivity contribution is 0.00578. The molecule has 8 heteroatoms. The summed E-state index contributed by atoms with van der Waals surface area (Å²) in [4.78, 5) is 15.3. The lowest BCUT2D eigenvalue weighted by Crippen LogP contribution is -2.41. The third-order valence-electron chi connectivity index (χ3n) is 4.37. The fourth-order valence-corrected chi connectivity index (χ4v) is 2.48. The second-order valence-corrected chi connectivity index (χ2v) is 7.10. The normalized spacial score (nSPS) is 19.6. The quantitative estimate of drug-likeness (QED) is 0.626. The summed E-state index contributed by atoms with van der Waals surface area (Å²) in [6.45, 7) is 8.36. The van der Waals surface area contributed by atoms with E-state index in [9.17, 15) is 9.90 Å². The fourth-order valence-electron chi connectivity index (χ4n) is 2.33. The average molecular weight is 353 g/mol. The smallest absolute Gasteiger partial charge is 0.476 e. The van der Waals surface area contributed by atoms with Gasteiger partial charge in [-0.2, -0.15) is 0 Å². The van der Waals surface area contributed by atoms with Crippen LogP contribution in [0.3, 0.4) is 0 Å². The molecule has 130 valence electrons. The summed E-state index contributed by atoms with van der Waals surface area (Å²) >= 11 is 5.80. The molecule has 0 amide bonds. The van der Waals surface area contributed by atoms with Gasteiger partial charge in [0, 0.05) is 12.1 Å². The number of aromatic nitrogens is 1. The van der Waals surface area contributed by atoms with Crippen molar-refractivity contribution in [2.24, 2.45) is 0 Å². The molecule has 24 heavy (non-hydrogen) atoms. The Kier molecular flexibility index (Phi) is 5.39. The van der Waals surface area contributed by atoms with Crippen LogP contribution in [0.15, 0.2) is 17.6 Å². The van der Waals surface area contributed by atoms with E-state index < -0.39 is 24.3 Å². The van der Waals surface area contributed by atoms with Crippen LogP contribution >= 0.6 is 11.6 Å². The highest BCUT2D eigenvalue weighted by atomic mass is 35.5. The molecule has 0 atom stereocenters. The molecule has 2 heterocycles. The fraction of sp³-hybridized carbons (Fsp3) is 0.500. The van der Waals surface area contributed by atoms with Crippen molar-refractivity contribution in [3.8, 4) is 0 Å². The SMILES string of the molecule is CNCC(=Cc1ccc(Cl)nc1C(=O)O)B1OC(C)(C)C(C)(C)O1. The predicted octanol–water partition coefficient (Wildman–Crippen LogP) is 2.67. The van der Waals surface area contributed by atoms with Gasteiger partial charge in [-0.25, -0.2) is 9.78 Å². The summed E-state index contributed by atoms with van der Waals surface area (Å²) in [5.74, 6) is -1.14. The number of aromatic carboxylic acids is 1. The second-order valence-electron chi connectivity index (χ2n) is 6.71. The molecular weight excluding hydrogens is 330 g/mol. The van der Waals surface area contributed by atoms with Gasteiger partial charge in [-0.1, -0.05) is 17.7 Å². The Hall–Kier alpha value is -1.41. The number of nitrogens with zero attached hydrogens (tertiary/aromatic N) is 1. The van der Waals surface area contributed by atoms with Gasteiger partial charge < -0.3 is 19.7 Å². The van der Waals surface area contributed by atoms with Crippen LogP contribution in [0.1, 0.15) is 43.7 Å². The highest BCUT2D eigenvalue weighted by Crippen LogP contribution is 2.38. The molecule has 1 saturated heterocycles. The van der Waals surface area contributed by atoms with E-state index in [1.807, 2.05) is 27.7 Å². The summed E-state index contributed by atoms with van der Waals surface area (Å²) < 4.78 is 12.1. The highest BCUT2D eigenvalue weighted by Gasteiger charge is 2.52. The third kappa shape index (κ3) is 3.80. The molecule has 1 aliphatic heterocycles. The van der Waals surface area contributed by atoms with Gasteiger partial charge in [0.15, 0.2) is 5.69 Å². The van der Waals surface area contributed by atoms with Crippen molar-refractivity contribution in [1.82, 2.24) is 10.3 Å². The molecule has 0 aromatic carbocycles. The number of pyridine rings is 1. The number of hydrogen-bond acceptors (Lipinski definition) is 5. The van der Waals surface area contributed by atoms with Crippen molar-refractivity contribution in [3.05, 3.63) is 34.0 Å². The van der Waals surface area contributed by atoms with Crippen molar-refractivity contribution < 1.29 is 19.2 Å². The highest BCUT2D eigenvalue weighted by molar-refractivity contribution is 6.56. The number of rotatable bonds is 5. The zero-order valence-corrected chi connectivity index (χ0v) is 15.3. The third-order valence-corrected chi connectivity index (χ3v) is 4.58. The van der Waals surface area contributed by atoms with Crippen LogP contribution in [0.4, 0.5) is 0 Å². The molecule has 0 spiro atoms. The molecule has 0 unspecified atom stereocenters. The minimum absolute atomic E-state index is 0.104. The summed E-state index contributed by atoms with van der Waals surface area (Å²) in [5, 5.41) is 12.5. The molecule has 6 nitrogen and oxygen atoms in total. The van der Waals surface area contributed by atoms with E-state index in [0.717, 1.165) is 5.47 Å². The zero-order chi connectivity index (χ0) is 18.1. The summed E-state index contributed by atoms with van der Waals surface area (Å²) in [5.41, 5.74) is 0.179. The summed E-state index contributed by atoms with van der Waals surface area (Å²) in [6, 6.07) is 3.18. The molecular formula is C16H22BClN2O4. The number of nitrogens with one attached hydrogen (secondary N) is 1. The first-order valence-corrected chi connectivity index (χ1v) is 8.06. The Bertz CT molecular complexity index is 660.